The van der Waals surface area contributed by atoms with Crippen LogP contribution in [0.2, 0.25) is 0 Å². The van der Waals surface area contributed by atoms with Crippen molar-refractivity contribution in [1.29, 1.82) is 0 Å². The molecule has 1 saturated carbocycles. The molecule has 7 atom stereocenters. The van der Waals surface area contributed by atoms with Gasteiger partial charge in [0.05, 0.1) is 11.0 Å². The SMILES string of the molecule is CO[C@H]1O[C@@H]2C(O)C(c3ccccc3)[C@@]2(O)[C@H](OS(=O)(=O)c2ccc(C)cc2)[C@H]1O. The van der Waals surface area contributed by atoms with Crippen molar-refractivity contribution in [2.75, 3.05) is 7.11 Å². The van der Waals surface area contributed by atoms with Crippen molar-refractivity contribution in [3.05, 3.63) is 65.7 Å². The molecule has 1 aliphatic heterocycles. The summed E-state index contributed by atoms with van der Waals surface area (Å²) < 4.78 is 41.8. The smallest absolute Gasteiger partial charge is 0.297 e. The van der Waals surface area contributed by atoms with Crippen LogP contribution in [-0.2, 0) is 23.8 Å². The zero-order chi connectivity index (χ0) is 21.7. The number of benzene rings is 2. The molecule has 1 saturated heterocycles. The molecule has 4 rings (SSSR count). The van der Waals surface area contributed by atoms with Gasteiger partial charge in [-0.05, 0) is 24.6 Å². The summed E-state index contributed by atoms with van der Waals surface area (Å²) in [5, 5.41) is 32.9. The number of methoxy groups -OCH3 is 1. The predicted octanol–water partition coefficient (Wildman–Crippen LogP) is 0.691. The van der Waals surface area contributed by atoms with E-state index in [1.807, 2.05) is 6.92 Å². The Hall–Kier alpha value is -1.85. The lowest BCUT2D eigenvalue weighted by molar-refractivity contribution is -0.379. The summed E-state index contributed by atoms with van der Waals surface area (Å²) in [4.78, 5) is -0.114. The minimum Gasteiger partial charge on any atom is -0.390 e. The quantitative estimate of drug-likeness (QED) is 0.585. The van der Waals surface area contributed by atoms with Crippen LogP contribution < -0.4 is 0 Å². The molecule has 0 aromatic heterocycles. The van der Waals surface area contributed by atoms with Gasteiger partial charge < -0.3 is 24.8 Å². The van der Waals surface area contributed by atoms with Crippen LogP contribution in [0.4, 0.5) is 0 Å². The van der Waals surface area contributed by atoms with Crippen LogP contribution in [0.15, 0.2) is 59.5 Å². The van der Waals surface area contributed by atoms with Gasteiger partial charge in [-0.3, -0.25) is 4.18 Å². The van der Waals surface area contributed by atoms with E-state index in [0.717, 1.165) is 5.56 Å². The Morgan fingerprint density at radius 2 is 1.63 bits per heavy atom. The lowest BCUT2D eigenvalue weighted by Gasteiger charge is -2.62. The molecular formula is C21H24O8S. The third-order valence-electron chi connectivity index (χ3n) is 5.86. The van der Waals surface area contributed by atoms with Crippen LogP contribution in [-0.4, -0.2) is 67.2 Å². The Bertz CT molecular complexity index is 993. The maximum absolute atomic E-state index is 12.9. The molecule has 0 amide bonds. The molecule has 2 aromatic rings. The van der Waals surface area contributed by atoms with Crippen molar-refractivity contribution in [3.63, 3.8) is 0 Å². The first-order chi connectivity index (χ1) is 14.2. The average Bonchev–Trinajstić information content (AvgIpc) is 2.72. The second kappa shape index (κ2) is 7.69. The number of rotatable bonds is 5. The highest BCUT2D eigenvalue weighted by molar-refractivity contribution is 7.86. The Balaban J connectivity index is 1.73. The lowest BCUT2D eigenvalue weighted by Crippen LogP contribution is -2.80. The summed E-state index contributed by atoms with van der Waals surface area (Å²) in [6.45, 7) is 1.82. The van der Waals surface area contributed by atoms with Gasteiger partial charge in [0.25, 0.3) is 10.1 Å². The zero-order valence-electron chi connectivity index (χ0n) is 16.5. The first-order valence-corrected chi connectivity index (χ1v) is 10.9. The molecular weight excluding hydrogens is 412 g/mol. The average molecular weight is 436 g/mol. The Kier molecular flexibility index (Phi) is 5.48. The molecule has 162 valence electrons. The fraction of sp³-hybridized carbons (Fsp3) is 0.429. The minimum atomic E-state index is -4.34. The van der Waals surface area contributed by atoms with Crippen molar-refractivity contribution in [3.8, 4) is 0 Å². The van der Waals surface area contributed by atoms with Gasteiger partial charge in [0.15, 0.2) is 6.29 Å². The molecule has 2 unspecified atom stereocenters. The second-order valence-electron chi connectivity index (χ2n) is 7.70. The first-order valence-electron chi connectivity index (χ1n) is 9.52. The van der Waals surface area contributed by atoms with E-state index in [1.165, 1.54) is 19.2 Å². The Morgan fingerprint density at radius 3 is 2.23 bits per heavy atom. The van der Waals surface area contributed by atoms with Crippen molar-refractivity contribution in [2.45, 2.75) is 54.0 Å². The van der Waals surface area contributed by atoms with Crippen LogP contribution in [0, 0.1) is 6.92 Å². The van der Waals surface area contributed by atoms with E-state index in [9.17, 15) is 23.7 Å². The Labute approximate surface area is 174 Å². The second-order valence-corrected chi connectivity index (χ2v) is 9.27. The molecule has 2 aliphatic rings. The fourth-order valence-electron chi connectivity index (χ4n) is 4.30. The van der Waals surface area contributed by atoms with Gasteiger partial charge >= 0.3 is 0 Å². The number of aliphatic hydroxyl groups excluding tert-OH is 2. The van der Waals surface area contributed by atoms with Gasteiger partial charge in [0.2, 0.25) is 0 Å². The van der Waals surface area contributed by atoms with Crippen LogP contribution >= 0.6 is 0 Å². The summed E-state index contributed by atoms with van der Waals surface area (Å²) in [5.41, 5.74) is -0.561. The highest BCUT2D eigenvalue weighted by Crippen LogP contribution is 2.54. The number of fused-ring (bicyclic) bond motifs is 1. The van der Waals surface area contributed by atoms with E-state index >= 15 is 0 Å². The summed E-state index contributed by atoms with van der Waals surface area (Å²) >= 11 is 0. The van der Waals surface area contributed by atoms with Crippen molar-refractivity contribution in [2.24, 2.45) is 0 Å². The normalized spacial score (nSPS) is 36.0. The molecule has 9 heteroatoms. The van der Waals surface area contributed by atoms with E-state index in [4.69, 9.17) is 13.7 Å². The van der Waals surface area contributed by atoms with Crippen LogP contribution in [0.5, 0.6) is 0 Å². The summed E-state index contributed by atoms with van der Waals surface area (Å²) in [7, 11) is -3.07. The van der Waals surface area contributed by atoms with Gasteiger partial charge in [-0.2, -0.15) is 8.42 Å². The summed E-state index contributed by atoms with van der Waals surface area (Å²) in [6, 6.07) is 14.6. The van der Waals surface area contributed by atoms with E-state index in [-0.39, 0.29) is 4.90 Å². The molecule has 8 nitrogen and oxygen atoms in total. The topological polar surface area (TPSA) is 123 Å². The standard InChI is InChI=1S/C21H24O8S/c1-12-8-10-14(11-9-12)30(25,26)29-19-17(23)20(27-2)28-18-16(22)15(21(18,19)24)13-6-4-3-5-7-13/h3-11,15-20,22-24H,1-2H3/t15?,16?,17-,18-,19-,20+,21+/m1/s1. The third kappa shape index (κ3) is 3.27. The van der Waals surface area contributed by atoms with E-state index in [1.54, 1.807) is 42.5 Å². The highest BCUT2D eigenvalue weighted by atomic mass is 32.2. The maximum Gasteiger partial charge on any atom is 0.297 e. The number of aliphatic hydroxyl groups is 3. The first kappa shape index (κ1) is 21.4. The molecule has 0 bridgehead atoms. The van der Waals surface area contributed by atoms with Crippen LogP contribution in [0.25, 0.3) is 0 Å². The number of aryl methyl sites for hydroxylation is 1. The van der Waals surface area contributed by atoms with Crippen molar-refractivity contribution in [1.82, 2.24) is 0 Å². The van der Waals surface area contributed by atoms with Gasteiger partial charge in [-0.25, -0.2) is 0 Å². The largest absolute Gasteiger partial charge is 0.390 e. The number of hydrogen-bond acceptors (Lipinski definition) is 8. The molecule has 1 heterocycles. The van der Waals surface area contributed by atoms with E-state index < -0.39 is 52.3 Å². The zero-order valence-corrected chi connectivity index (χ0v) is 17.3. The summed E-state index contributed by atoms with van der Waals surface area (Å²) in [6.07, 6.45) is -6.86. The van der Waals surface area contributed by atoms with Crippen molar-refractivity contribution < 1.29 is 37.4 Å². The van der Waals surface area contributed by atoms with Crippen molar-refractivity contribution >= 4 is 10.1 Å². The molecule has 30 heavy (non-hydrogen) atoms. The van der Waals surface area contributed by atoms with Gasteiger partial charge in [-0.15, -0.1) is 0 Å². The van der Waals surface area contributed by atoms with E-state index in [0.29, 0.717) is 5.56 Å². The Morgan fingerprint density at radius 1 is 1.00 bits per heavy atom. The number of ether oxygens (including phenoxy) is 2. The monoisotopic (exact) mass is 436 g/mol. The fourth-order valence-corrected chi connectivity index (χ4v) is 5.42. The maximum atomic E-state index is 12.9. The molecule has 2 fully saturated rings. The van der Waals surface area contributed by atoms with Gasteiger partial charge in [0, 0.05) is 13.0 Å². The molecule has 0 radical (unpaired) electrons. The van der Waals surface area contributed by atoms with Crippen LogP contribution in [0.1, 0.15) is 17.0 Å². The minimum absolute atomic E-state index is 0.114. The highest BCUT2D eigenvalue weighted by Gasteiger charge is 2.72. The number of hydrogen-bond donors (Lipinski definition) is 3. The molecule has 2 aromatic carbocycles. The predicted molar refractivity (Wildman–Crippen MR) is 105 cm³/mol. The molecule has 1 aliphatic carbocycles. The summed E-state index contributed by atoms with van der Waals surface area (Å²) in [5.74, 6) is -0.922. The van der Waals surface area contributed by atoms with Gasteiger partial charge in [0.1, 0.15) is 23.9 Å². The molecule has 3 N–H and O–H groups in total. The molecule has 0 spiro atoms. The van der Waals surface area contributed by atoms with Crippen LogP contribution in [0.3, 0.4) is 0 Å². The van der Waals surface area contributed by atoms with Gasteiger partial charge in [-0.1, -0.05) is 48.0 Å². The lowest BCUT2D eigenvalue weighted by atomic mass is 9.57. The van der Waals surface area contributed by atoms with E-state index in [2.05, 4.69) is 0 Å². The third-order valence-corrected chi connectivity index (χ3v) is 7.17.